The van der Waals surface area contributed by atoms with Crippen molar-refractivity contribution in [3.63, 3.8) is 0 Å². The largest absolute Gasteiger partial charge is 0.481 e. The second-order valence-electron chi connectivity index (χ2n) is 4.81. The number of hydrogen-bond donors (Lipinski definition) is 1. The Hall–Kier alpha value is -1.11. The minimum Gasteiger partial charge on any atom is -0.481 e. The Morgan fingerprint density at radius 3 is 2.65 bits per heavy atom. The summed E-state index contributed by atoms with van der Waals surface area (Å²) < 4.78 is 22.5. The van der Waals surface area contributed by atoms with Gasteiger partial charge in [0.05, 0.1) is 17.4 Å². The number of sulfone groups is 1. The summed E-state index contributed by atoms with van der Waals surface area (Å²) >= 11 is 0. The molecule has 0 aliphatic carbocycles. The maximum Gasteiger partial charge on any atom is 0.308 e. The average molecular weight is 261 g/mol. The normalized spacial score (nSPS) is 32.0. The molecule has 2 rings (SSSR count). The molecule has 0 aromatic heterocycles. The third kappa shape index (κ3) is 2.77. The van der Waals surface area contributed by atoms with Crippen molar-refractivity contribution in [2.24, 2.45) is 11.8 Å². The van der Waals surface area contributed by atoms with E-state index in [2.05, 4.69) is 0 Å². The van der Waals surface area contributed by atoms with Crippen molar-refractivity contribution < 1.29 is 23.1 Å². The molecule has 2 aliphatic rings. The van der Waals surface area contributed by atoms with E-state index >= 15 is 0 Å². The molecule has 6 nitrogen and oxygen atoms in total. The summed E-state index contributed by atoms with van der Waals surface area (Å²) in [6.07, 6.45) is 0.610. The number of aliphatic carboxylic acids is 1. The third-order valence-electron chi connectivity index (χ3n) is 3.37. The van der Waals surface area contributed by atoms with Crippen LogP contribution in [0.5, 0.6) is 0 Å². The summed E-state index contributed by atoms with van der Waals surface area (Å²) in [5.41, 5.74) is 0. The fraction of sp³-hybridized carbons (Fsp3) is 0.800. The SMILES string of the molecule is O=C(O)C1CC(=O)N(CC2CCS(=O)(=O)C2)C1. The summed E-state index contributed by atoms with van der Waals surface area (Å²) in [4.78, 5) is 23.8. The van der Waals surface area contributed by atoms with Gasteiger partial charge < -0.3 is 10.0 Å². The lowest BCUT2D eigenvalue weighted by Gasteiger charge is -2.19. The molecule has 1 N–H and O–H groups in total. The van der Waals surface area contributed by atoms with Crippen molar-refractivity contribution >= 4 is 21.7 Å². The predicted octanol–water partition coefficient (Wildman–Crippen LogP) is -0.646. The van der Waals surface area contributed by atoms with Crippen LogP contribution in [0.15, 0.2) is 0 Å². The first-order valence-electron chi connectivity index (χ1n) is 5.58. The van der Waals surface area contributed by atoms with Crippen LogP contribution in [0.3, 0.4) is 0 Å². The Morgan fingerprint density at radius 2 is 2.18 bits per heavy atom. The average Bonchev–Trinajstić information content (AvgIpc) is 2.72. The first-order chi connectivity index (χ1) is 7.87. The lowest BCUT2D eigenvalue weighted by molar-refractivity contribution is -0.141. The summed E-state index contributed by atoms with van der Waals surface area (Å²) in [5.74, 6) is -1.50. The lowest BCUT2D eigenvalue weighted by atomic mass is 10.1. The molecule has 2 unspecified atom stereocenters. The number of carboxylic acid groups (broad SMARTS) is 1. The van der Waals surface area contributed by atoms with Crippen molar-refractivity contribution in [2.45, 2.75) is 12.8 Å². The summed E-state index contributed by atoms with van der Waals surface area (Å²) in [6.45, 7) is 0.590. The molecule has 2 aliphatic heterocycles. The van der Waals surface area contributed by atoms with Crippen LogP contribution < -0.4 is 0 Å². The van der Waals surface area contributed by atoms with Gasteiger partial charge in [0.25, 0.3) is 0 Å². The number of hydrogen-bond acceptors (Lipinski definition) is 4. The quantitative estimate of drug-likeness (QED) is 0.729. The molecule has 0 radical (unpaired) electrons. The number of likely N-dealkylation sites (tertiary alicyclic amines) is 1. The van der Waals surface area contributed by atoms with Crippen molar-refractivity contribution in [1.82, 2.24) is 4.90 Å². The highest BCUT2D eigenvalue weighted by Crippen LogP contribution is 2.24. The van der Waals surface area contributed by atoms with Gasteiger partial charge in [-0.05, 0) is 12.3 Å². The minimum atomic E-state index is -2.94. The first kappa shape index (κ1) is 12.3. The van der Waals surface area contributed by atoms with E-state index in [1.165, 1.54) is 4.90 Å². The van der Waals surface area contributed by atoms with Crippen LogP contribution in [-0.2, 0) is 19.4 Å². The summed E-state index contributed by atoms with van der Waals surface area (Å²) in [7, 11) is -2.94. The Bertz CT molecular complexity index is 444. The molecule has 0 saturated carbocycles. The van der Waals surface area contributed by atoms with Gasteiger partial charge in [-0.15, -0.1) is 0 Å². The smallest absolute Gasteiger partial charge is 0.308 e. The number of carboxylic acids is 1. The van der Waals surface area contributed by atoms with E-state index < -0.39 is 21.7 Å². The summed E-state index contributed by atoms with van der Waals surface area (Å²) in [5, 5.41) is 8.82. The van der Waals surface area contributed by atoms with E-state index in [0.29, 0.717) is 13.0 Å². The lowest BCUT2D eigenvalue weighted by Crippen LogP contribution is -2.32. The van der Waals surface area contributed by atoms with E-state index in [1.54, 1.807) is 0 Å². The van der Waals surface area contributed by atoms with Gasteiger partial charge in [-0.1, -0.05) is 0 Å². The molecule has 0 bridgehead atoms. The van der Waals surface area contributed by atoms with Gasteiger partial charge in [0.15, 0.2) is 9.84 Å². The number of nitrogens with zero attached hydrogens (tertiary/aromatic N) is 1. The molecular weight excluding hydrogens is 246 g/mol. The highest BCUT2D eigenvalue weighted by molar-refractivity contribution is 7.91. The monoisotopic (exact) mass is 261 g/mol. The molecule has 2 saturated heterocycles. The molecule has 17 heavy (non-hydrogen) atoms. The molecule has 0 aromatic rings. The van der Waals surface area contributed by atoms with E-state index in [4.69, 9.17) is 5.11 Å². The Labute approximate surface area is 99.5 Å². The highest BCUT2D eigenvalue weighted by Gasteiger charge is 2.37. The summed E-state index contributed by atoms with van der Waals surface area (Å²) in [6, 6.07) is 0. The van der Waals surface area contributed by atoms with Crippen LogP contribution in [0.2, 0.25) is 0 Å². The number of carbonyl (C=O) groups is 2. The van der Waals surface area contributed by atoms with Gasteiger partial charge in [-0.25, -0.2) is 8.42 Å². The third-order valence-corrected chi connectivity index (χ3v) is 5.21. The fourth-order valence-electron chi connectivity index (χ4n) is 2.44. The maximum atomic E-state index is 11.6. The zero-order valence-electron chi connectivity index (χ0n) is 9.33. The van der Waals surface area contributed by atoms with Gasteiger partial charge in [0.2, 0.25) is 5.91 Å². The van der Waals surface area contributed by atoms with Gasteiger partial charge in [0, 0.05) is 19.5 Å². The number of carbonyl (C=O) groups excluding carboxylic acids is 1. The Morgan fingerprint density at radius 1 is 1.47 bits per heavy atom. The Kier molecular flexibility index (Phi) is 3.11. The van der Waals surface area contributed by atoms with E-state index in [-0.39, 0.29) is 36.3 Å². The van der Waals surface area contributed by atoms with Gasteiger partial charge in [0.1, 0.15) is 0 Å². The van der Waals surface area contributed by atoms with Crippen LogP contribution in [-0.4, -0.2) is 54.9 Å². The van der Waals surface area contributed by atoms with E-state index in [0.717, 1.165) is 0 Å². The highest BCUT2D eigenvalue weighted by atomic mass is 32.2. The number of amides is 1. The minimum absolute atomic E-state index is 0.0310. The van der Waals surface area contributed by atoms with Gasteiger partial charge in [-0.2, -0.15) is 0 Å². The van der Waals surface area contributed by atoms with Gasteiger partial charge >= 0.3 is 5.97 Å². The standard InChI is InChI=1S/C10H15NO5S/c12-9-3-8(10(13)14)5-11(9)4-7-1-2-17(15,16)6-7/h7-8H,1-6H2,(H,13,14). The van der Waals surface area contributed by atoms with E-state index in [1.807, 2.05) is 0 Å². The molecule has 2 heterocycles. The second-order valence-corrected chi connectivity index (χ2v) is 7.04. The zero-order valence-corrected chi connectivity index (χ0v) is 10.1. The van der Waals surface area contributed by atoms with Gasteiger partial charge in [-0.3, -0.25) is 9.59 Å². The predicted molar refractivity (Wildman–Crippen MR) is 59.1 cm³/mol. The zero-order chi connectivity index (χ0) is 12.6. The molecule has 0 aromatic carbocycles. The molecule has 1 amide bonds. The topological polar surface area (TPSA) is 91.8 Å². The molecule has 7 heteroatoms. The van der Waals surface area contributed by atoms with Crippen molar-refractivity contribution in [3.05, 3.63) is 0 Å². The van der Waals surface area contributed by atoms with Crippen molar-refractivity contribution in [1.29, 1.82) is 0 Å². The molecule has 2 fully saturated rings. The molecule has 2 atom stereocenters. The molecule has 96 valence electrons. The first-order valence-corrected chi connectivity index (χ1v) is 7.40. The maximum absolute atomic E-state index is 11.6. The second kappa shape index (κ2) is 4.29. The van der Waals surface area contributed by atoms with E-state index in [9.17, 15) is 18.0 Å². The molecule has 0 spiro atoms. The van der Waals surface area contributed by atoms with Crippen LogP contribution >= 0.6 is 0 Å². The van der Waals surface area contributed by atoms with Crippen molar-refractivity contribution in [2.75, 3.05) is 24.6 Å². The van der Waals surface area contributed by atoms with Crippen LogP contribution in [0.4, 0.5) is 0 Å². The number of rotatable bonds is 3. The van der Waals surface area contributed by atoms with Crippen LogP contribution in [0.1, 0.15) is 12.8 Å². The Balaban J connectivity index is 1.93. The van der Waals surface area contributed by atoms with Crippen LogP contribution in [0.25, 0.3) is 0 Å². The fourth-order valence-corrected chi connectivity index (χ4v) is 4.29. The van der Waals surface area contributed by atoms with Crippen molar-refractivity contribution in [3.8, 4) is 0 Å². The molecular formula is C10H15NO5S. The van der Waals surface area contributed by atoms with Crippen LogP contribution in [0, 0.1) is 11.8 Å².